The van der Waals surface area contributed by atoms with E-state index in [-0.39, 0.29) is 12.6 Å². The highest BCUT2D eigenvalue weighted by molar-refractivity contribution is 6.87. The van der Waals surface area contributed by atoms with Gasteiger partial charge in [0.2, 0.25) is 0 Å². The fourth-order valence-electron chi connectivity index (χ4n) is 3.13. The molecule has 2 aliphatic rings. The monoisotopic (exact) mass is 270 g/mol. The van der Waals surface area contributed by atoms with Gasteiger partial charge >= 0.3 is 12.7 Å². The average molecular weight is 270 g/mol. The second kappa shape index (κ2) is 5.10. The first-order chi connectivity index (χ1) is 9.76. The fourth-order valence-corrected chi connectivity index (χ4v) is 3.13. The lowest BCUT2D eigenvalue weighted by atomic mass is 9.48. The maximum absolute atomic E-state index is 12.2. The Morgan fingerprint density at radius 2 is 2.25 bits per heavy atom. The Hall–Kier alpha value is -2.13. The molecule has 1 saturated heterocycles. The zero-order valence-electron chi connectivity index (χ0n) is 10.7. The van der Waals surface area contributed by atoms with Crippen LogP contribution in [-0.2, 0) is 9.74 Å². The first-order valence-electron chi connectivity index (χ1n) is 6.50. The maximum Gasteiger partial charge on any atom is 0.353 e. The number of nitrogens with one attached hydrogen (secondary N) is 1. The number of rotatable bonds is 2. The summed E-state index contributed by atoms with van der Waals surface area (Å²) in [6.45, 7) is 0.672. The van der Waals surface area contributed by atoms with Crippen LogP contribution in [0.3, 0.4) is 0 Å². The molecular formula is C14H12BFN2O2. The Morgan fingerprint density at radius 1 is 1.45 bits per heavy atom. The molecule has 2 unspecified atom stereocenters. The molecular weight excluding hydrogens is 258 g/mol. The van der Waals surface area contributed by atoms with Gasteiger partial charge in [-0.05, 0) is 11.1 Å². The third-order valence-electron chi connectivity index (χ3n) is 4.08. The topological polar surface area (TPSA) is 62.1 Å². The van der Waals surface area contributed by atoms with Gasteiger partial charge in [0.05, 0.1) is 5.92 Å². The van der Waals surface area contributed by atoms with Crippen molar-refractivity contribution in [2.45, 2.75) is 0 Å². The van der Waals surface area contributed by atoms with E-state index in [4.69, 9.17) is 0 Å². The van der Waals surface area contributed by atoms with Crippen LogP contribution in [-0.4, -0.2) is 25.8 Å². The standard InChI is InChI=1S/C14H12BFN2O2/c16-20-14(19)12-7-18-6-11(12)10-5-15(8-17)13-4-2-1-3-9(10)13/h1-5,11-12,18H,6-7H2. The normalized spacial score (nSPS) is 24.0. The number of carbonyl (C=O) groups excluding carboxylic acids is 1. The van der Waals surface area contributed by atoms with Crippen LogP contribution in [0.2, 0.25) is 0 Å². The number of hydrogen-bond acceptors (Lipinski definition) is 4. The maximum atomic E-state index is 12.2. The lowest BCUT2D eigenvalue weighted by Crippen LogP contribution is -2.25. The molecule has 0 saturated carbocycles. The van der Waals surface area contributed by atoms with Crippen molar-refractivity contribution in [3.8, 4) is 5.97 Å². The van der Waals surface area contributed by atoms with Gasteiger partial charge in [0.15, 0.2) is 0 Å². The largest absolute Gasteiger partial charge is 0.353 e. The van der Waals surface area contributed by atoms with E-state index in [2.05, 4.69) is 16.2 Å². The van der Waals surface area contributed by atoms with E-state index in [9.17, 15) is 14.6 Å². The smallest absolute Gasteiger partial charge is 0.315 e. The first-order valence-corrected chi connectivity index (χ1v) is 6.50. The lowest BCUT2D eigenvalue weighted by molar-refractivity contribution is -0.189. The summed E-state index contributed by atoms with van der Waals surface area (Å²) in [6.07, 6.45) is 0. The minimum atomic E-state index is -0.848. The first kappa shape index (κ1) is 12.9. The predicted molar refractivity (Wildman–Crippen MR) is 72.5 cm³/mol. The summed E-state index contributed by atoms with van der Waals surface area (Å²) in [7, 11) is 0. The van der Waals surface area contributed by atoms with Crippen LogP contribution in [0.5, 0.6) is 0 Å². The molecule has 0 aromatic heterocycles. The van der Waals surface area contributed by atoms with Crippen LogP contribution in [0, 0.1) is 23.1 Å². The van der Waals surface area contributed by atoms with Gasteiger partial charge in [-0.25, -0.2) is 10.1 Å². The van der Waals surface area contributed by atoms with Crippen molar-refractivity contribution in [1.82, 2.24) is 5.32 Å². The molecule has 0 aliphatic carbocycles. The summed E-state index contributed by atoms with van der Waals surface area (Å²) in [5.41, 5.74) is 2.86. The second-order valence-corrected chi connectivity index (χ2v) is 5.08. The van der Waals surface area contributed by atoms with E-state index in [0.29, 0.717) is 13.1 Å². The summed E-state index contributed by atoms with van der Waals surface area (Å²) >= 11 is 0. The molecule has 2 aliphatic heterocycles. The Kier molecular flexibility index (Phi) is 3.29. The van der Waals surface area contributed by atoms with Crippen molar-refractivity contribution in [3.05, 3.63) is 35.8 Å². The molecule has 3 rings (SSSR count). The molecule has 1 aromatic rings. The number of benzene rings is 1. The highest BCUT2D eigenvalue weighted by atomic mass is 19.3. The third kappa shape index (κ3) is 1.91. The third-order valence-corrected chi connectivity index (χ3v) is 4.08. The molecule has 2 heterocycles. The predicted octanol–water partition coefficient (Wildman–Crippen LogP) is 0.651. The molecule has 1 fully saturated rings. The van der Waals surface area contributed by atoms with Crippen molar-refractivity contribution < 1.29 is 14.3 Å². The van der Waals surface area contributed by atoms with Crippen molar-refractivity contribution in [1.29, 1.82) is 5.26 Å². The number of fused-ring (bicyclic) bond motifs is 1. The Morgan fingerprint density at radius 3 is 3.00 bits per heavy atom. The molecule has 6 heteroatoms. The number of halogens is 1. The minimum Gasteiger partial charge on any atom is -0.315 e. The van der Waals surface area contributed by atoms with E-state index < -0.39 is 11.9 Å². The van der Waals surface area contributed by atoms with Gasteiger partial charge in [0, 0.05) is 29.5 Å². The highest BCUT2D eigenvalue weighted by Crippen LogP contribution is 2.35. The average Bonchev–Trinajstić information content (AvgIpc) is 3.10. The van der Waals surface area contributed by atoms with Crippen molar-refractivity contribution in [3.63, 3.8) is 0 Å². The molecule has 0 spiro atoms. The van der Waals surface area contributed by atoms with E-state index in [1.807, 2.05) is 30.2 Å². The zero-order chi connectivity index (χ0) is 14.1. The van der Waals surface area contributed by atoms with E-state index in [1.54, 1.807) is 0 Å². The van der Waals surface area contributed by atoms with Gasteiger partial charge < -0.3 is 5.32 Å². The van der Waals surface area contributed by atoms with Crippen molar-refractivity contribution in [2.24, 2.45) is 11.8 Å². The summed E-state index contributed by atoms with van der Waals surface area (Å²) < 4.78 is 12.2. The van der Waals surface area contributed by atoms with Crippen molar-refractivity contribution >= 4 is 23.7 Å². The molecule has 100 valence electrons. The van der Waals surface area contributed by atoms with Crippen LogP contribution in [0.4, 0.5) is 4.53 Å². The summed E-state index contributed by atoms with van der Waals surface area (Å²) in [6, 6.07) is 7.64. The zero-order valence-corrected chi connectivity index (χ0v) is 10.7. The summed E-state index contributed by atoms with van der Waals surface area (Å²) in [5, 5.41) is 12.3. The van der Waals surface area contributed by atoms with E-state index in [1.165, 1.54) is 0 Å². The number of carbonyl (C=O) groups is 1. The van der Waals surface area contributed by atoms with Crippen LogP contribution >= 0.6 is 0 Å². The van der Waals surface area contributed by atoms with Gasteiger partial charge in [-0.15, -0.1) is 0 Å². The number of nitrogens with zero attached hydrogens (tertiary/aromatic N) is 1. The second-order valence-electron chi connectivity index (χ2n) is 5.08. The van der Waals surface area contributed by atoms with Crippen LogP contribution in [0.1, 0.15) is 5.56 Å². The van der Waals surface area contributed by atoms with E-state index in [0.717, 1.165) is 16.6 Å². The summed E-state index contributed by atoms with van der Waals surface area (Å²) in [4.78, 5) is 14.9. The molecule has 0 bridgehead atoms. The van der Waals surface area contributed by atoms with Crippen molar-refractivity contribution in [2.75, 3.05) is 13.1 Å². The van der Waals surface area contributed by atoms with Gasteiger partial charge in [-0.3, -0.25) is 4.94 Å². The molecule has 0 radical (unpaired) electrons. The van der Waals surface area contributed by atoms with Gasteiger partial charge in [0.25, 0.3) is 0 Å². The van der Waals surface area contributed by atoms with Gasteiger partial charge in [-0.1, -0.05) is 35.7 Å². The van der Waals surface area contributed by atoms with Crippen LogP contribution < -0.4 is 10.8 Å². The number of nitriles is 1. The summed E-state index contributed by atoms with van der Waals surface area (Å²) in [5.74, 6) is 2.57. The molecule has 2 atom stereocenters. The van der Waals surface area contributed by atoms with Crippen LogP contribution in [0.25, 0.3) is 5.57 Å². The van der Waals surface area contributed by atoms with Crippen LogP contribution in [0.15, 0.2) is 30.2 Å². The lowest BCUT2D eigenvalue weighted by Gasteiger charge is -2.18. The molecule has 1 aromatic carbocycles. The minimum absolute atomic E-state index is 0.155. The Balaban J connectivity index is 1.99. The Bertz CT molecular complexity index is 626. The number of hydrogen-bond donors (Lipinski definition) is 1. The highest BCUT2D eigenvalue weighted by Gasteiger charge is 2.40. The van der Waals surface area contributed by atoms with E-state index >= 15 is 0 Å². The quantitative estimate of drug-likeness (QED) is 0.801. The molecule has 0 amide bonds. The fraction of sp³-hybridized carbons (Fsp3) is 0.286. The van der Waals surface area contributed by atoms with Gasteiger partial charge in [-0.2, -0.15) is 0 Å². The Labute approximate surface area is 116 Å². The molecule has 20 heavy (non-hydrogen) atoms. The molecule has 4 nitrogen and oxygen atoms in total. The molecule has 1 N–H and O–H groups in total. The van der Waals surface area contributed by atoms with Gasteiger partial charge in [0.1, 0.15) is 0 Å². The SMILES string of the molecule is N#CB1C=C(C2CNCC2C(=O)OF)c2ccccc21.